The van der Waals surface area contributed by atoms with Gasteiger partial charge in [-0.25, -0.2) is 9.26 Å². The van der Waals surface area contributed by atoms with Crippen molar-refractivity contribution in [1.29, 1.82) is 0 Å². The third-order valence-corrected chi connectivity index (χ3v) is 17.6. The minimum atomic E-state index is -0.244. The largest absolute Gasteiger partial charge is 0.489 e. The van der Waals surface area contributed by atoms with E-state index in [1.54, 1.807) is 61.3 Å². The number of aromatic nitrogens is 4. The van der Waals surface area contributed by atoms with Gasteiger partial charge in [0.05, 0.1) is 63.8 Å². The molecule has 0 spiro atoms. The van der Waals surface area contributed by atoms with E-state index in [0.29, 0.717) is 74.8 Å². The Morgan fingerprint density at radius 3 is 0.912 bits per heavy atom. The molecule has 3 heterocycles. The highest BCUT2D eigenvalue weighted by molar-refractivity contribution is 8.01. The number of hydrogen-bond acceptors (Lipinski definition) is 18. The number of nitrogens with zero attached hydrogens (tertiary/aromatic N) is 4. The van der Waals surface area contributed by atoms with Crippen LogP contribution in [-0.2, 0) is 31.1 Å². The lowest BCUT2D eigenvalue weighted by molar-refractivity contribution is 0.143. The van der Waals surface area contributed by atoms with Crippen molar-refractivity contribution in [2.24, 2.45) is 0 Å². The minimum Gasteiger partial charge on any atom is -0.489 e. The van der Waals surface area contributed by atoms with Gasteiger partial charge in [-0.1, -0.05) is 142 Å². The van der Waals surface area contributed by atoms with E-state index in [0.717, 1.165) is 95.8 Å². The normalized spacial score (nSPS) is 13.2. The van der Waals surface area contributed by atoms with E-state index in [9.17, 15) is 0 Å². The second-order valence-corrected chi connectivity index (χ2v) is 28.1. The number of rotatable bonds is 18. The maximum atomic E-state index is 7.17. The lowest BCUT2D eigenvalue weighted by Crippen LogP contribution is -2.16. The van der Waals surface area contributed by atoms with Crippen molar-refractivity contribution in [2.75, 3.05) is 77.6 Å². The SMILES string of the molecule is COCCOc1c2cc(C(C)(C)C)cc1Sc1cc(C(C)(C)C)cc(c1OCCNc1cccc3nonc13)Sc1cc(C(C)(C)C)cc(c1OCCOC)Sc1cc(C(C)(C)C)cc(c1OCCNc1cccc3nonc13)S2. The summed E-state index contributed by atoms with van der Waals surface area (Å²) >= 11 is 6.64. The van der Waals surface area contributed by atoms with Crippen molar-refractivity contribution >= 4 is 80.5 Å². The van der Waals surface area contributed by atoms with E-state index in [1.807, 2.05) is 36.4 Å². The molecule has 0 saturated carbocycles. The summed E-state index contributed by atoms with van der Waals surface area (Å²) in [4.78, 5) is 7.58. The molecule has 9 rings (SSSR count). The number of hydrogen-bond donors (Lipinski definition) is 2. The number of nitrogens with one attached hydrogen (secondary N) is 2. The quantitative estimate of drug-likeness (QED) is 0.0781. The van der Waals surface area contributed by atoms with Gasteiger partial charge in [-0.2, -0.15) is 0 Å². The van der Waals surface area contributed by atoms with Gasteiger partial charge < -0.3 is 39.1 Å². The van der Waals surface area contributed by atoms with Gasteiger partial charge >= 0.3 is 0 Å². The van der Waals surface area contributed by atoms with Crippen LogP contribution in [0.15, 0.2) is 133 Å². The van der Waals surface area contributed by atoms with Crippen molar-refractivity contribution in [1.82, 2.24) is 20.6 Å². The zero-order valence-corrected chi connectivity index (χ0v) is 51.7. The smallest absolute Gasteiger partial charge is 0.158 e. The maximum Gasteiger partial charge on any atom is 0.158 e. The summed E-state index contributed by atoms with van der Waals surface area (Å²) in [5.74, 6) is 3.00. The second kappa shape index (κ2) is 24.8. The van der Waals surface area contributed by atoms with E-state index in [2.05, 4.69) is 163 Å². The highest BCUT2D eigenvalue weighted by atomic mass is 32.2. The molecule has 2 aromatic heterocycles. The molecule has 424 valence electrons. The number of methoxy groups -OCH3 is 2. The minimum absolute atomic E-state index is 0.242. The zero-order chi connectivity index (χ0) is 57.0. The molecular weight excluding hydrogens is 1080 g/mol. The van der Waals surface area contributed by atoms with Gasteiger partial charge in [0.1, 0.15) is 60.5 Å². The van der Waals surface area contributed by atoms with Crippen molar-refractivity contribution in [3.8, 4) is 23.0 Å². The molecule has 18 heteroatoms. The van der Waals surface area contributed by atoms with E-state index >= 15 is 0 Å². The van der Waals surface area contributed by atoms with Crippen LogP contribution in [0.5, 0.6) is 23.0 Å². The van der Waals surface area contributed by atoms with Crippen molar-refractivity contribution in [2.45, 2.75) is 144 Å². The average Bonchev–Trinajstić information content (AvgIpc) is 4.09. The molecule has 0 fully saturated rings. The average molecular weight is 1160 g/mol. The van der Waals surface area contributed by atoms with Crippen LogP contribution in [0.1, 0.15) is 105 Å². The van der Waals surface area contributed by atoms with Crippen LogP contribution in [-0.4, -0.2) is 87.6 Å². The fourth-order valence-electron chi connectivity index (χ4n) is 8.72. The van der Waals surface area contributed by atoms with Gasteiger partial charge in [0, 0.05) is 27.3 Å². The summed E-state index contributed by atoms with van der Waals surface area (Å²) in [6, 6.07) is 29.9. The monoisotopic (exact) mass is 1160 g/mol. The molecule has 2 N–H and O–H groups in total. The van der Waals surface area contributed by atoms with Gasteiger partial charge in [-0.15, -0.1) is 0 Å². The van der Waals surface area contributed by atoms with Crippen LogP contribution in [0.3, 0.4) is 0 Å². The Labute approximate surface area is 487 Å². The Kier molecular flexibility index (Phi) is 18.2. The standard InChI is InChI=1S/C62H74N6O8S4/c1-59(2,3)37-29-45-55(71-23-21-63-41-17-15-19-43-53(41)67-75-65-43)46(30-37)78-50-34-40(62(10,11)12)36-52(58(50)74-28-26-70-14)80-48-32-38(60(4,5)6)31-47(56(48)72-24-22-64-42-18-16-20-44-54(42)68-76-66-44)79-51-35-39(61(7,8)9)33-49(77-45)57(51)73-27-25-69-13/h15-20,29-36,63-64H,21-28H2,1-14H3. The topological polar surface area (TPSA) is 157 Å². The predicted molar refractivity (Wildman–Crippen MR) is 323 cm³/mol. The molecule has 0 radical (unpaired) electrons. The first kappa shape index (κ1) is 58.9. The Morgan fingerprint density at radius 2 is 0.650 bits per heavy atom. The molecule has 0 saturated heterocycles. The Balaban J connectivity index is 1.28. The predicted octanol–water partition coefficient (Wildman–Crippen LogP) is 15.9. The molecular formula is C62H74N6O8S4. The van der Waals surface area contributed by atoms with Crippen LogP contribution in [0.2, 0.25) is 0 Å². The van der Waals surface area contributed by atoms with Crippen molar-refractivity contribution in [3.63, 3.8) is 0 Å². The van der Waals surface area contributed by atoms with Gasteiger partial charge in [-0.05, 0) is 137 Å². The fourth-order valence-corrected chi connectivity index (χ4v) is 13.5. The summed E-state index contributed by atoms with van der Waals surface area (Å²) in [5.41, 5.74) is 7.95. The second-order valence-electron chi connectivity index (χ2n) is 23.7. The molecule has 0 atom stereocenters. The first-order valence-corrected chi connectivity index (χ1v) is 30.2. The van der Waals surface area contributed by atoms with Gasteiger partial charge in [-0.3, -0.25) is 0 Å². The van der Waals surface area contributed by atoms with Crippen LogP contribution in [0, 0.1) is 0 Å². The lowest BCUT2D eigenvalue weighted by atomic mass is 9.87. The summed E-state index contributed by atoms with van der Waals surface area (Å²) < 4.78 is 49.8. The van der Waals surface area contributed by atoms with Gasteiger partial charge in [0.15, 0.2) is 11.0 Å². The van der Waals surface area contributed by atoms with Crippen molar-refractivity contribution in [3.05, 3.63) is 107 Å². The fraction of sp³-hybridized carbons (Fsp3) is 0.419. The third-order valence-electron chi connectivity index (χ3n) is 13.4. The number of anilines is 2. The summed E-state index contributed by atoms with van der Waals surface area (Å²) in [7, 11) is 3.40. The Hall–Kier alpha value is -5.76. The molecule has 8 aromatic rings. The Bertz CT molecular complexity index is 3140. The molecule has 6 aromatic carbocycles. The zero-order valence-electron chi connectivity index (χ0n) is 48.4. The molecule has 14 nitrogen and oxygen atoms in total. The molecule has 1 aliphatic rings. The molecule has 0 aliphatic carbocycles. The molecule has 8 bridgehead atoms. The number of fused-ring (bicyclic) bond motifs is 10. The first-order valence-electron chi connectivity index (χ1n) is 26.9. The van der Waals surface area contributed by atoms with Crippen molar-refractivity contribution < 1.29 is 37.7 Å². The highest BCUT2D eigenvalue weighted by Gasteiger charge is 2.31. The third kappa shape index (κ3) is 13.9. The Morgan fingerprint density at radius 1 is 0.375 bits per heavy atom. The van der Waals surface area contributed by atoms with Gasteiger partial charge in [0.2, 0.25) is 0 Å². The van der Waals surface area contributed by atoms with E-state index in [1.165, 1.54) is 0 Å². The van der Waals surface area contributed by atoms with Crippen LogP contribution in [0.25, 0.3) is 22.1 Å². The van der Waals surface area contributed by atoms with E-state index in [4.69, 9.17) is 37.7 Å². The van der Waals surface area contributed by atoms with E-state index < -0.39 is 0 Å². The number of benzene rings is 6. The summed E-state index contributed by atoms with van der Waals surface area (Å²) in [6.45, 7) is 30.2. The maximum absolute atomic E-state index is 7.17. The number of ether oxygens (including phenoxy) is 6. The van der Waals surface area contributed by atoms with Crippen LogP contribution < -0.4 is 29.6 Å². The molecule has 80 heavy (non-hydrogen) atoms. The van der Waals surface area contributed by atoms with Crippen LogP contribution >= 0.6 is 47.0 Å². The molecule has 1 aliphatic heterocycles. The van der Waals surface area contributed by atoms with E-state index in [-0.39, 0.29) is 21.7 Å². The highest BCUT2D eigenvalue weighted by Crippen LogP contribution is 2.56. The van der Waals surface area contributed by atoms with Gasteiger partial charge in [0.25, 0.3) is 0 Å². The first-order chi connectivity index (χ1) is 38.1. The van der Waals surface area contributed by atoms with Crippen LogP contribution in [0.4, 0.5) is 11.4 Å². The molecule has 0 amide bonds. The summed E-state index contributed by atoms with van der Waals surface area (Å²) in [5, 5.41) is 23.6. The summed E-state index contributed by atoms with van der Waals surface area (Å²) in [6.07, 6.45) is 0. The lowest BCUT2D eigenvalue weighted by Gasteiger charge is -2.28. The molecule has 0 unspecified atom stereocenters.